The molecule has 25 heavy (non-hydrogen) atoms. The number of aryl methyl sites for hydroxylation is 2. The Hall–Kier alpha value is -2.18. The molecule has 0 unspecified atom stereocenters. The number of aliphatic hydroxyl groups is 1. The van der Waals surface area contributed by atoms with Crippen LogP contribution in [-0.4, -0.2) is 51.3 Å². The van der Waals surface area contributed by atoms with Crippen LogP contribution < -0.4 is 5.32 Å². The van der Waals surface area contributed by atoms with Gasteiger partial charge < -0.3 is 10.4 Å². The molecule has 134 valence electrons. The number of rotatable bonds is 6. The maximum absolute atomic E-state index is 12.3. The number of nitrogens with zero attached hydrogens (tertiary/aromatic N) is 2. The first-order valence-electron chi connectivity index (χ1n) is 8.76. The lowest BCUT2D eigenvalue weighted by molar-refractivity contribution is -0.120. The van der Waals surface area contributed by atoms with Crippen LogP contribution in [0, 0.1) is 13.8 Å². The molecule has 1 fully saturated rings. The van der Waals surface area contributed by atoms with Gasteiger partial charge in [-0.2, -0.15) is 5.10 Å². The van der Waals surface area contributed by atoms with E-state index in [1.807, 2.05) is 32.0 Å². The minimum atomic E-state index is -0.330. The predicted molar refractivity (Wildman–Crippen MR) is 96.0 cm³/mol. The molecule has 1 aromatic heterocycles. The van der Waals surface area contributed by atoms with E-state index in [1.54, 1.807) is 0 Å². The number of β-amino-alcohol motifs (C(OH)–C–C–N with tert-alkyl or cyclic N) is 1. The Morgan fingerprint density at radius 2 is 2.12 bits per heavy atom. The van der Waals surface area contributed by atoms with Crippen LogP contribution in [0.2, 0.25) is 0 Å². The lowest BCUT2D eigenvalue weighted by Gasteiger charge is -2.24. The molecule has 0 saturated carbocycles. The van der Waals surface area contributed by atoms with Gasteiger partial charge in [0, 0.05) is 36.9 Å². The second-order valence-corrected chi connectivity index (χ2v) is 6.85. The molecule has 1 saturated heterocycles. The molecular weight excluding hydrogens is 316 g/mol. The minimum absolute atomic E-state index is 0.00588. The lowest BCUT2D eigenvalue weighted by atomic mass is 10.1. The Balaban J connectivity index is 1.54. The van der Waals surface area contributed by atoms with Crippen LogP contribution in [0.15, 0.2) is 30.3 Å². The van der Waals surface area contributed by atoms with Gasteiger partial charge in [0.25, 0.3) is 0 Å². The fourth-order valence-corrected chi connectivity index (χ4v) is 3.47. The van der Waals surface area contributed by atoms with Crippen molar-refractivity contribution in [2.45, 2.75) is 45.4 Å². The third kappa shape index (κ3) is 4.46. The summed E-state index contributed by atoms with van der Waals surface area (Å²) in [4.78, 5) is 14.5. The molecule has 1 aliphatic rings. The first-order valence-corrected chi connectivity index (χ1v) is 8.76. The van der Waals surface area contributed by atoms with Crippen LogP contribution in [0.3, 0.4) is 0 Å². The van der Waals surface area contributed by atoms with Gasteiger partial charge >= 0.3 is 0 Å². The summed E-state index contributed by atoms with van der Waals surface area (Å²) in [6, 6.07) is 10.4. The number of nitrogens with one attached hydrogen (secondary N) is 2. The summed E-state index contributed by atoms with van der Waals surface area (Å²) in [6.45, 7) is 5.82. The molecule has 0 radical (unpaired) electrons. The monoisotopic (exact) mass is 342 g/mol. The molecule has 2 heterocycles. The summed E-state index contributed by atoms with van der Waals surface area (Å²) < 4.78 is 0. The zero-order valence-corrected chi connectivity index (χ0v) is 14.8. The smallest absolute Gasteiger partial charge is 0.224 e. The van der Waals surface area contributed by atoms with Crippen LogP contribution in [0.1, 0.15) is 28.9 Å². The number of amides is 1. The largest absolute Gasteiger partial charge is 0.392 e. The summed E-state index contributed by atoms with van der Waals surface area (Å²) >= 11 is 0. The zero-order valence-electron chi connectivity index (χ0n) is 14.8. The Bertz CT molecular complexity index is 694. The summed E-state index contributed by atoms with van der Waals surface area (Å²) in [7, 11) is 0. The number of hydrogen-bond acceptors (Lipinski definition) is 4. The van der Waals surface area contributed by atoms with E-state index >= 15 is 0 Å². The van der Waals surface area contributed by atoms with Crippen molar-refractivity contribution in [2.75, 3.05) is 13.1 Å². The fourth-order valence-electron chi connectivity index (χ4n) is 3.47. The predicted octanol–water partition coefficient (Wildman–Crippen LogP) is 1.32. The fraction of sp³-hybridized carbons (Fsp3) is 0.474. The van der Waals surface area contributed by atoms with Gasteiger partial charge in [-0.1, -0.05) is 30.3 Å². The number of benzene rings is 1. The number of carbonyl (C=O) groups is 1. The van der Waals surface area contributed by atoms with Crippen LogP contribution in [-0.2, 0) is 17.8 Å². The standard InChI is InChI=1S/C19H26N4O2/c1-13-18(14(2)22-21-13)9-19(25)20-10-16-8-17(24)12-23(16)11-15-6-4-3-5-7-15/h3-7,16-17,24H,8-12H2,1-2H3,(H,20,25)(H,21,22)/t16-,17+/m1/s1. The average molecular weight is 342 g/mol. The number of hydrogen-bond donors (Lipinski definition) is 3. The van der Waals surface area contributed by atoms with E-state index < -0.39 is 0 Å². The second-order valence-electron chi connectivity index (χ2n) is 6.85. The number of carbonyl (C=O) groups excluding carboxylic acids is 1. The Morgan fingerprint density at radius 3 is 2.80 bits per heavy atom. The highest BCUT2D eigenvalue weighted by atomic mass is 16.3. The molecule has 6 heteroatoms. The number of aromatic nitrogens is 2. The molecule has 2 aromatic rings. The van der Waals surface area contributed by atoms with Gasteiger partial charge in [-0.15, -0.1) is 0 Å². The SMILES string of the molecule is Cc1n[nH]c(C)c1CC(=O)NC[C@H]1C[C@H](O)CN1Cc1ccccc1. The van der Waals surface area contributed by atoms with Crippen molar-refractivity contribution in [3.05, 3.63) is 52.8 Å². The van der Waals surface area contributed by atoms with E-state index in [0.717, 1.165) is 23.5 Å². The van der Waals surface area contributed by atoms with Crippen LogP contribution in [0.5, 0.6) is 0 Å². The molecule has 0 spiro atoms. The van der Waals surface area contributed by atoms with E-state index in [4.69, 9.17) is 0 Å². The number of H-pyrrole nitrogens is 1. The van der Waals surface area contributed by atoms with E-state index in [0.29, 0.717) is 25.9 Å². The molecule has 3 rings (SSSR count). The summed E-state index contributed by atoms with van der Waals surface area (Å²) in [5.41, 5.74) is 3.99. The molecule has 0 aliphatic carbocycles. The molecule has 6 nitrogen and oxygen atoms in total. The highest BCUT2D eigenvalue weighted by Gasteiger charge is 2.31. The average Bonchev–Trinajstić information content (AvgIpc) is 3.10. The highest BCUT2D eigenvalue weighted by molar-refractivity contribution is 5.79. The van der Waals surface area contributed by atoms with Crippen molar-refractivity contribution >= 4 is 5.91 Å². The van der Waals surface area contributed by atoms with Gasteiger partial charge in [-0.05, 0) is 25.8 Å². The molecule has 0 bridgehead atoms. The Morgan fingerprint density at radius 1 is 1.36 bits per heavy atom. The van der Waals surface area contributed by atoms with E-state index in [1.165, 1.54) is 5.56 Å². The van der Waals surface area contributed by atoms with Crippen LogP contribution in [0.4, 0.5) is 0 Å². The molecule has 1 aliphatic heterocycles. The Labute approximate surface area is 148 Å². The summed E-state index contributed by atoms with van der Waals surface area (Å²) in [6.07, 6.45) is 0.697. The first kappa shape index (κ1) is 17.6. The van der Waals surface area contributed by atoms with Crippen molar-refractivity contribution in [3.63, 3.8) is 0 Å². The third-order valence-corrected chi connectivity index (χ3v) is 4.89. The molecule has 2 atom stereocenters. The van der Waals surface area contributed by atoms with Crippen molar-refractivity contribution in [3.8, 4) is 0 Å². The van der Waals surface area contributed by atoms with Crippen molar-refractivity contribution < 1.29 is 9.90 Å². The van der Waals surface area contributed by atoms with Gasteiger partial charge in [0.15, 0.2) is 0 Å². The molecular formula is C19H26N4O2. The maximum atomic E-state index is 12.3. The van der Waals surface area contributed by atoms with Gasteiger partial charge in [-0.25, -0.2) is 0 Å². The maximum Gasteiger partial charge on any atom is 0.224 e. The molecule has 1 amide bonds. The van der Waals surface area contributed by atoms with E-state index in [-0.39, 0.29) is 18.1 Å². The summed E-state index contributed by atoms with van der Waals surface area (Å²) in [5, 5.41) is 20.1. The number of aromatic amines is 1. The van der Waals surface area contributed by atoms with Gasteiger partial charge in [0.2, 0.25) is 5.91 Å². The van der Waals surface area contributed by atoms with Crippen LogP contribution >= 0.6 is 0 Å². The van der Waals surface area contributed by atoms with Gasteiger partial charge in [-0.3, -0.25) is 14.8 Å². The van der Waals surface area contributed by atoms with E-state index in [9.17, 15) is 9.90 Å². The second kappa shape index (κ2) is 7.80. The molecule has 1 aromatic carbocycles. The quantitative estimate of drug-likeness (QED) is 0.740. The zero-order chi connectivity index (χ0) is 17.8. The van der Waals surface area contributed by atoms with E-state index in [2.05, 4.69) is 32.5 Å². The van der Waals surface area contributed by atoms with Crippen molar-refractivity contribution in [1.82, 2.24) is 20.4 Å². The van der Waals surface area contributed by atoms with Crippen LogP contribution in [0.25, 0.3) is 0 Å². The van der Waals surface area contributed by atoms with Gasteiger partial charge in [0.1, 0.15) is 0 Å². The Kier molecular flexibility index (Phi) is 5.50. The number of aliphatic hydroxyl groups excluding tert-OH is 1. The lowest BCUT2D eigenvalue weighted by Crippen LogP contribution is -2.40. The van der Waals surface area contributed by atoms with Crippen molar-refractivity contribution in [2.24, 2.45) is 0 Å². The minimum Gasteiger partial charge on any atom is -0.392 e. The first-order chi connectivity index (χ1) is 12.0. The van der Waals surface area contributed by atoms with Gasteiger partial charge in [0.05, 0.1) is 18.2 Å². The van der Waals surface area contributed by atoms with Crippen molar-refractivity contribution in [1.29, 1.82) is 0 Å². The molecule has 3 N–H and O–H groups in total. The third-order valence-electron chi connectivity index (χ3n) is 4.89. The highest BCUT2D eigenvalue weighted by Crippen LogP contribution is 2.20. The summed E-state index contributed by atoms with van der Waals surface area (Å²) in [5.74, 6) is -0.00588. The normalized spacial score (nSPS) is 20.8. The topological polar surface area (TPSA) is 81.2 Å². The number of likely N-dealkylation sites (tertiary alicyclic amines) is 1.